The molecule has 0 saturated heterocycles. The number of amides is 2. The lowest BCUT2D eigenvalue weighted by Crippen LogP contribution is -2.47. The molecule has 2 aromatic rings. The zero-order valence-electron chi connectivity index (χ0n) is 20.2. The summed E-state index contributed by atoms with van der Waals surface area (Å²) in [5.74, 6) is 0.278. The van der Waals surface area contributed by atoms with Crippen LogP contribution in [0.25, 0.3) is 0 Å². The number of nitrogens with one attached hydrogen (secondary N) is 2. The fraction of sp³-hybridized carbons (Fsp3) is 0.385. The lowest BCUT2D eigenvalue weighted by molar-refractivity contribution is -0.140. The van der Waals surface area contributed by atoms with Gasteiger partial charge in [0.05, 0.1) is 12.0 Å². The van der Waals surface area contributed by atoms with Crippen molar-refractivity contribution in [3.8, 4) is 5.75 Å². The lowest BCUT2D eigenvalue weighted by Gasteiger charge is -2.29. The Balaban J connectivity index is 1.67. The van der Waals surface area contributed by atoms with E-state index in [0.717, 1.165) is 24.0 Å². The van der Waals surface area contributed by atoms with Gasteiger partial charge in [-0.15, -0.1) is 6.58 Å². The Morgan fingerprint density at radius 1 is 1.11 bits per heavy atom. The Labute approximate surface area is 207 Å². The van der Waals surface area contributed by atoms with Gasteiger partial charge in [0.15, 0.2) is 0 Å². The van der Waals surface area contributed by atoms with Crippen LogP contribution < -0.4 is 14.8 Å². The number of methoxy groups -OCH3 is 1. The summed E-state index contributed by atoms with van der Waals surface area (Å²) >= 11 is 0. The number of carbonyl (C=O) groups excluding carboxylic acids is 2. The van der Waals surface area contributed by atoms with E-state index >= 15 is 0 Å². The summed E-state index contributed by atoms with van der Waals surface area (Å²) in [6.45, 7) is 5.90. The van der Waals surface area contributed by atoms with Crippen molar-refractivity contribution in [1.82, 2.24) is 14.9 Å². The van der Waals surface area contributed by atoms with Gasteiger partial charge in [0.2, 0.25) is 21.8 Å². The van der Waals surface area contributed by atoms with Gasteiger partial charge in [-0.25, -0.2) is 13.1 Å². The molecule has 8 nitrogen and oxygen atoms in total. The minimum absolute atomic E-state index is 0.0413. The van der Waals surface area contributed by atoms with Gasteiger partial charge in [-0.1, -0.05) is 30.3 Å². The minimum atomic E-state index is -3.51. The van der Waals surface area contributed by atoms with E-state index in [4.69, 9.17) is 4.74 Å². The lowest BCUT2D eigenvalue weighted by atomic mass is 10.1. The molecule has 0 aromatic heterocycles. The van der Waals surface area contributed by atoms with E-state index in [1.165, 1.54) is 0 Å². The number of benzene rings is 2. The molecule has 2 amide bonds. The quantitative estimate of drug-likeness (QED) is 0.413. The zero-order chi connectivity index (χ0) is 25.4. The molecule has 35 heavy (non-hydrogen) atoms. The summed E-state index contributed by atoms with van der Waals surface area (Å²) in [6, 6.07) is 13.3. The maximum atomic E-state index is 13.2. The average molecular weight is 500 g/mol. The molecule has 1 saturated carbocycles. The number of ether oxygens (including phenoxy) is 1. The molecule has 3 rings (SSSR count). The third-order valence-corrected chi connectivity index (χ3v) is 7.40. The van der Waals surface area contributed by atoms with E-state index in [9.17, 15) is 18.0 Å². The van der Waals surface area contributed by atoms with Crippen LogP contribution in [0.2, 0.25) is 0 Å². The van der Waals surface area contributed by atoms with Crippen molar-refractivity contribution in [3.05, 3.63) is 72.3 Å². The van der Waals surface area contributed by atoms with Crippen LogP contribution in [0.4, 0.5) is 0 Å². The normalized spacial score (nSPS) is 14.1. The predicted molar refractivity (Wildman–Crippen MR) is 134 cm³/mol. The van der Waals surface area contributed by atoms with Crippen LogP contribution in [-0.2, 0) is 32.6 Å². The molecular formula is C26H33N3O5S. The summed E-state index contributed by atoms with van der Waals surface area (Å²) in [7, 11) is -1.93. The average Bonchev–Trinajstić information content (AvgIpc) is 3.67. The molecule has 0 spiro atoms. The highest BCUT2D eigenvalue weighted by Gasteiger charge is 2.28. The highest BCUT2D eigenvalue weighted by atomic mass is 32.2. The van der Waals surface area contributed by atoms with Crippen LogP contribution in [0, 0.1) is 0 Å². The first-order chi connectivity index (χ1) is 16.7. The van der Waals surface area contributed by atoms with Crippen molar-refractivity contribution in [3.63, 3.8) is 0 Å². The summed E-state index contributed by atoms with van der Waals surface area (Å²) in [6.07, 6.45) is 3.94. The van der Waals surface area contributed by atoms with Crippen molar-refractivity contribution in [2.24, 2.45) is 0 Å². The SMILES string of the molecule is C=CCNC(=O)C(C)N(Cc1ccc(OC)cc1)C(=O)CCc1ccc(S(=O)(=O)NC2CC2)cc1. The second-order valence-electron chi connectivity index (χ2n) is 8.62. The second-order valence-corrected chi connectivity index (χ2v) is 10.3. The Morgan fingerprint density at radius 2 is 1.74 bits per heavy atom. The van der Waals surface area contributed by atoms with Gasteiger partial charge in [-0.3, -0.25) is 9.59 Å². The van der Waals surface area contributed by atoms with Crippen LogP contribution >= 0.6 is 0 Å². The molecule has 2 aromatic carbocycles. The number of carbonyl (C=O) groups is 2. The van der Waals surface area contributed by atoms with Crippen molar-refractivity contribution >= 4 is 21.8 Å². The first-order valence-corrected chi connectivity index (χ1v) is 13.1. The third kappa shape index (κ3) is 7.66. The number of aryl methyl sites for hydroxylation is 1. The number of nitrogens with zero attached hydrogens (tertiary/aromatic N) is 1. The molecule has 1 atom stereocenters. The first-order valence-electron chi connectivity index (χ1n) is 11.7. The summed E-state index contributed by atoms with van der Waals surface area (Å²) < 4.78 is 32.6. The molecule has 0 bridgehead atoms. The number of sulfonamides is 1. The molecule has 1 aliphatic rings. The smallest absolute Gasteiger partial charge is 0.242 e. The molecule has 0 heterocycles. The van der Waals surface area contributed by atoms with Gasteiger partial charge in [0.25, 0.3) is 0 Å². The van der Waals surface area contributed by atoms with E-state index in [0.29, 0.717) is 18.7 Å². The van der Waals surface area contributed by atoms with Crippen LogP contribution in [0.5, 0.6) is 5.75 Å². The molecular weight excluding hydrogens is 466 g/mol. The third-order valence-electron chi connectivity index (χ3n) is 5.86. The molecule has 2 N–H and O–H groups in total. The largest absolute Gasteiger partial charge is 0.497 e. The van der Waals surface area contributed by atoms with Crippen LogP contribution in [0.1, 0.15) is 37.3 Å². The fourth-order valence-electron chi connectivity index (χ4n) is 3.55. The number of rotatable bonds is 13. The molecule has 0 aliphatic heterocycles. The van der Waals surface area contributed by atoms with Crippen molar-refractivity contribution in [2.45, 2.75) is 56.1 Å². The van der Waals surface area contributed by atoms with Gasteiger partial charge >= 0.3 is 0 Å². The molecule has 9 heteroatoms. The Morgan fingerprint density at radius 3 is 2.31 bits per heavy atom. The van der Waals surface area contributed by atoms with Crippen molar-refractivity contribution in [2.75, 3.05) is 13.7 Å². The van der Waals surface area contributed by atoms with Gasteiger partial charge in [0.1, 0.15) is 11.8 Å². The van der Waals surface area contributed by atoms with E-state index < -0.39 is 16.1 Å². The molecule has 1 unspecified atom stereocenters. The molecule has 188 valence electrons. The molecule has 1 aliphatic carbocycles. The molecule has 0 radical (unpaired) electrons. The first kappa shape index (κ1) is 26.4. The van der Waals surface area contributed by atoms with Crippen LogP contribution in [-0.4, -0.2) is 50.9 Å². The number of hydrogen-bond donors (Lipinski definition) is 2. The predicted octanol–water partition coefficient (Wildman–Crippen LogP) is 2.79. The van der Waals surface area contributed by atoms with Gasteiger partial charge < -0.3 is 15.0 Å². The second kappa shape index (κ2) is 12.0. The monoisotopic (exact) mass is 499 g/mol. The Kier molecular flexibility index (Phi) is 9.06. The standard InChI is InChI=1S/C26H33N3O5S/c1-4-17-27-26(31)19(2)29(18-21-5-12-23(34-3)13-6-21)25(30)16-9-20-7-14-24(15-8-20)35(32,33)28-22-10-11-22/h4-8,12-15,19,22,28H,1,9-11,16-18H2,2-3H3,(H,27,31). The molecule has 1 fully saturated rings. The summed E-state index contributed by atoms with van der Waals surface area (Å²) in [5, 5.41) is 2.75. The van der Waals surface area contributed by atoms with Gasteiger partial charge in [-0.05, 0) is 61.6 Å². The topological polar surface area (TPSA) is 105 Å². The van der Waals surface area contributed by atoms with E-state index in [2.05, 4.69) is 16.6 Å². The number of hydrogen-bond acceptors (Lipinski definition) is 5. The zero-order valence-corrected chi connectivity index (χ0v) is 21.0. The summed E-state index contributed by atoms with van der Waals surface area (Å²) in [5.41, 5.74) is 1.72. The minimum Gasteiger partial charge on any atom is -0.497 e. The Hall–Kier alpha value is -3.17. The maximum Gasteiger partial charge on any atom is 0.242 e. The fourth-order valence-corrected chi connectivity index (χ4v) is 4.85. The maximum absolute atomic E-state index is 13.2. The van der Waals surface area contributed by atoms with E-state index in [1.54, 1.807) is 49.3 Å². The van der Waals surface area contributed by atoms with Crippen molar-refractivity contribution in [1.29, 1.82) is 0 Å². The van der Waals surface area contributed by atoms with Gasteiger partial charge in [0, 0.05) is 25.6 Å². The van der Waals surface area contributed by atoms with Crippen LogP contribution in [0.3, 0.4) is 0 Å². The van der Waals surface area contributed by atoms with E-state index in [1.807, 2.05) is 24.3 Å². The van der Waals surface area contributed by atoms with Crippen LogP contribution in [0.15, 0.2) is 66.1 Å². The Bertz CT molecular complexity index is 1130. The highest BCUT2D eigenvalue weighted by molar-refractivity contribution is 7.89. The van der Waals surface area contributed by atoms with Crippen molar-refractivity contribution < 1.29 is 22.7 Å². The highest BCUT2D eigenvalue weighted by Crippen LogP contribution is 2.22. The summed E-state index contributed by atoms with van der Waals surface area (Å²) in [4.78, 5) is 27.6. The van der Waals surface area contributed by atoms with E-state index in [-0.39, 0.29) is 35.7 Å². The van der Waals surface area contributed by atoms with Gasteiger partial charge in [-0.2, -0.15) is 0 Å².